The fraction of sp³-hybridized carbons (Fsp3) is 0.231. The first-order valence-electron chi connectivity index (χ1n) is 6.06. The molecule has 7 nitrogen and oxygen atoms in total. The maximum atomic E-state index is 11.0. The fourth-order valence-corrected chi connectivity index (χ4v) is 1.67. The highest BCUT2D eigenvalue weighted by molar-refractivity contribution is 5.50. The lowest BCUT2D eigenvalue weighted by atomic mass is 10.2. The van der Waals surface area contributed by atoms with Crippen LogP contribution in [0.15, 0.2) is 24.3 Å². The van der Waals surface area contributed by atoms with Crippen molar-refractivity contribution in [1.29, 1.82) is 0 Å². The van der Waals surface area contributed by atoms with Gasteiger partial charge >= 0.3 is 5.69 Å². The van der Waals surface area contributed by atoms with Crippen molar-refractivity contribution in [3.8, 4) is 11.6 Å². The van der Waals surface area contributed by atoms with Gasteiger partial charge in [0.05, 0.1) is 4.92 Å². The number of hydrogen-bond donors (Lipinski definition) is 1. The van der Waals surface area contributed by atoms with Gasteiger partial charge in [0.25, 0.3) is 0 Å². The Hall–Kier alpha value is -2.70. The van der Waals surface area contributed by atoms with Crippen LogP contribution in [-0.4, -0.2) is 14.9 Å². The molecule has 1 aromatic heterocycles. The molecule has 0 radical (unpaired) electrons. The van der Waals surface area contributed by atoms with E-state index in [0.717, 1.165) is 5.56 Å². The summed E-state index contributed by atoms with van der Waals surface area (Å²) in [5.74, 6) is 1.11. The molecule has 0 aliphatic heterocycles. The number of nitrogens with two attached hydrogens (primary N) is 1. The van der Waals surface area contributed by atoms with E-state index in [4.69, 9.17) is 10.5 Å². The smallest absolute Gasteiger partial charge is 0.311 e. The second-order valence-corrected chi connectivity index (χ2v) is 4.23. The number of anilines is 1. The van der Waals surface area contributed by atoms with Crippen molar-refractivity contribution >= 4 is 11.5 Å². The first kappa shape index (κ1) is 13.7. The van der Waals surface area contributed by atoms with Crippen LogP contribution in [0.5, 0.6) is 11.6 Å². The molecule has 20 heavy (non-hydrogen) atoms. The standard InChI is InChI=1S/C13H14N4O3/c1-3-12-15-11(14)7-13(16-12)20-10-5-4-8(2)6-9(10)17(18)19/h4-7H,3H2,1-2H3,(H2,14,15,16). The molecule has 0 fully saturated rings. The lowest BCUT2D eigenvalue weighted by Gasteiger charge is -2.07. The van der Waals surface area contributed by atoms with Gasteiger partial charge in [-0.05, 0) is 18.6 Å². The summed E-state index contributed by atoms with van der Waals surface area (Å²) in [5, 5.41) is 11.0. The van der Waals surface area contributed by atoms with E-state index >= 15 is 0 Å². The van der Waals surface area contributed by atoms with Gasteiger partial charge in [0, 0.05) is 18.6 Å². The molecule has 104 valence electrons. The molecule has 0 atom stereocenters. The Bertz CT molecular complexity index is 658. The Kier molecular flexibility index (Phi) is 3.79. The molecule has 2 aromatic rings. The Morgan fingerprint density at radius 2 is 2.10 bits per heavy atom. The number of ether oxygens (including phenoxy) is 1. The summed E-state index contributed by atoms with van der Waals surface area (Å²) in [6, 6.07) is 6.15. The summed E-state index contributed by atoms with van der Waals surface area (Å²) in [6.45, 7) is 3.65. The van der Waals surface area contributed by atoms with Gasteiger partial charge in [-0.1, -0.05) is 13.0 Å². The quantitative estimate of drug-likeness (QED) is 0.678. The predicted molar refractivity (Wildman–Crippen MR) is 73.7 cm³/mol. The minimum atomic E-state index is -0.492. The first-order valence-corrected chi connectivity index (χ1v) is 6.06. The largest absolute Gasteiger partial charge is 0.432 e. The molecule has 0 bridgehead atoms. The van der Waals surface area contributed by atoms with Crippen LogP contribution in [0.1, 0.15) is 18.3 Å². The highest BCUT2D eigenvalue weighted by Crippen LogP contribution is 2.31. The van der Waals surface area contributed by atoms with Crippen LogP contribution in [0.4, 0.5) is 11.5 Å². The molecule has 0 saturated heterocycles. The highest BCUT2D eigenvalue weighted by atomic mass is 16.6. The molecule has 0 unspecified atom stereocenters. The highest BCUT2D eigenvalue weighted by Gasteiger charge is 2.16. The number of nitrogen functional groups attached to an aromatic ring is 1. The lowest BCUT2D eigenvalue weighted by Crippen LogP contribution is -2.01. The van der Waals surface area contributed by atoms with E-state index in [1.807, 2.05) is 6.92 Å². The minimum absolute atomic E-state index is 0.111. The molecule has 1 heterocycles. The average Bonchev–Trinajstić information content (AvgIpc) is 2.40. The van der Waals surface area contributed by atoms with Gasteiger partial charge in [-0.3, -0.25) is 10.1 Å². The van der Waals surface area contributed by atoms with E-state index in [0.29, 0.717) is 12.2 Å². The zero-order valence-electron chi connectivity index (χ0n) is 11.2. The average molecular weight is 274 g/mol. The van der Waals surface area contributed by atoms with E-state index in [2.05, 4.69) is 9.97 Å². The van der Waals surface area contributed by atoms with E-state index < -0.39 is 4.92 Å². The number of nitro benzene ring substituents is 1. The lowest BCUT2D eigenvalue weighted by molar-refractivity contribution is -0.385. The third kappa shape index (κ3) is 3.00. The molecule has 1 aromatic carbocycles. The normalized spacial score (nSPS) is 10.3. The molecule has 0 saturated carbocycles. The van der Waals surface area contributed by atoms with E-state index in [1.165, 1.54) is 18.2 Å². The van der Waals surface area contributed by atoms with E-state index in [9.17, 15) is 10.1 Å². The molecule has 0 aliphatic rings. The van der Waals surface area contributed by atoms with Crippen LogP contribution < -0.4 is 10.5 Å². The number of benzene rings is 1. The van der Waals surface area contributed by atoms with Gasteiger partial charge in [0.1, 0.15) is 11.6 Å². The monoisotopic (exact) mass is 274 g/mol. The van der Waals surface area contributed by atoms with Gasteiger partial charge in [0.15, 0.2) is 0 Å². The summed E-state index contributed by atoms with van der Waals surface area (Å²) in [5.41, 5.74) is 6.31. The second kappa shape index (κ2) is 5.52. The maximum absolute atomic E-state index is 11.0. The molecule has 2 rings (SSSR count). The molecule has 7 heteroatoms. The van der Waals surface area contributed by atoms with Gasteiger partial charge in [0.2, 0.25) is 11.6 Å². The SMILES string of the molecule is CCc1nc(N)cc(Oc2ccc(C)cc2[N+](=O)[O-])n1. The maximum Gasteiger partial charge on any atom is 0.311 e. The van der Waals surface area contributed by atoms with Crippen LogP contribution >= 0.6 is 0 Å². The zero-order chi connectivity index (χ0) is 14.7. The molecular formula is C13H14N4O3. The van der Waals surface area contributed by atoms with Crippen LogP contribution in [-0.2, 0) is 6.42 Å². The van der Waals surface area contributed by atoms with Crippen molar-refractivity contribution < 1.29 is 9.66 Å². The Morgan fingerprint density at radius 3 is 2.75 bits per heavy atom. The van der Waals surface area contributed by atoms with Gasteiger partial charge in [-0.2, -0.15) is 4.98 Å². The Labute approximate surface area is 115 Å². The second-order valence-electron chi connectivity index (χ2n) is 4.23. The number of aryl methyl sites for hydroxylation is 2. The van der Waals surface area contributed by atoms with Crippen LogP contribution in [0, 0.1) is 17.0 Å². The van der Waals surface area contributed by atoms with Crippen LogP contribution in [0.3, 0.4) is 0 Å². The van der Waals surface area contributed by atoms with Crippen molar-refractivity contribution in [2.45, 2.75) is 20.3 Å². The molecule has 0 aliphatic carbocycles. The number of hydrogen-bond acceptors (Lipinski definition) is 6. The third-order valence-electron chi connectivity index (χ3n) is 2.61. The predicted octanol–water partition coefficient (Wildman–Crippen LogP) is 2.63. The van der Waals surface area contributed by atoms with E-state index in [-0.39, 0.29) is 23.1 Å². The molecule has 0 amide bonds. The molecular weight excluding hydrogens is 260 g/mol. The van der Waals surface area contributed by atoms with Gasteiger partial charge in [-0.25, -0.2) is 4.98 Å². The first-order chi connectivity index (χ1) is 9.49. The van der Waals surface area contributed by atoms with Crippen molar-refractivity contribution in [3.05, 3.63) is 45.8 Å². The molecule has 0 spiro atoms. The molecule has 2 N–H and O–H groups in total. The number of rotatable bonds is 4. The van der Waals surface area contributed by atoms with Crippen molar-refractivity contribution in [1.82, 2.24) is 9.97 Å². The van der Waals surface area contributed by atoms with Crippen molar-refractivity contribution in [3.63, 3.8) is 0 Å². The fourth-order valence-electron chi connectivity index (χ4n) is 1.67. The third-order valence-corrected chi connectivity index (χ3v) is 2.61. The minimum Gasteiger partial charge on any atom is -0.432 e. The number of nitro groups is 1. The summed E-state index contributed by atoms with van der Waals surface area (Å²) < 4.78 is 5.48. The van der Waals surface area contributed by atoms with Crippen LogP contribution in [0.2, 0.25) is 0 Å². The van der Waals surface area contributed by atoms with Crippen molar-refractivity contribution in [2.75, 3.05) is 5.73 Å². The van der Waals surface area contributed by atoms with Crippen molar-refractivity contribution in [2.24, 2.45) is 0 Å². The van der Waals surface area contributed by atoms with Gasteiger partial charge in [-0.15, -0.1) is 0 Å². The Morgan fingerprint density at radius 1 is 1.35 bits per heavy atom. The number of nitrogens with zero attached hydrogens (tertiary/aromatic N) is 3. The topological polar surface area (TPSA) is 104 Å². The summed E-state index contributed by atoms with van der Waals surface area (Å²) in [6.07, 6.45) is 0.595. The Balaban J connectivity index is 2.39. The number of aromatic nitrogens is 2. The van der Waals surface area contributed by atoms with Crippen LogP contribution in [0.25, 0.3) is 0 Å². The van der Waals surface area contributed by atoms with Gasteiger partial charge < -0.3 is 10.5 Å². The summed E-state index contributed by atoms with van der Waals surface area (Å²) >= 11 is 0. The summed E-state index contributed by atoms with van der Waals surface area (Å²) in [7, 11) is 0. The zero-order valence-corrected chi connectivity index (χ0v) is 11.2. The summed E-state index contributed by atoms with van der Waals surface area (Å²) in [4.78, 5) is 18.7. The van der Waals surface area contributed by atoms with E-state index in [1.54, 1.807) is 13.0 Å².